The number of sulfonamides is 1. The van der Waals surface area contributed by atoms with Gasteiger partial charge in [-0.3, -0.25) is 9.10 Å². The van der Waals surface area contributed by atoms with Gasteiger partial charge in [0.15, 0.2) is 0 Å². The molecule has 0 saturated heterocycles. The molecule has 24 heavy (non-hydrogen) atoms. The third-order valence-corrected chi connectivity index (χ3v) is 5.69. The first kappa shape index (κ1) is 16.0. The number of hydrogen-bond acceptors (Lipinski definition) is 3. The summed E-state index contributed by atoms with van der Waals surface area (Å²) in [5, 5.41) is 2.00. The molecule has 0 atom stereocenters. The highest BCUT2D eigenvalue weighted by molar-refractivity contribution is 7.92. The van der Waals surface area contributed by atoms with Crippen molar-refractivity contribution >= 4 is 32.4 Å². The van der Waals surface area contributed by atoms with Crippen LogP contribution in [0.2, 0.25) is 0 Å². The summed E-state index contributed by atoms with van der Waals surface area (Å²) in [5.41, 5.74) is 6.01. The molecular formula is C18H16N2O3S. The second kappa shape index (κ2) is 5.98. The van der Waals surface area contributed by atoms with Crippen LogP contribution in [0.5, 0.6) is 0 Å². The first-order valence-corrected chi connectivity index (χ1v) is 8.71. The Morgan fingerprint density at radius 3 is 2.17 bits per heavy atom. The molecule has 3 rings (SSSR count). The number of anilines is 1. The molecule has 5 nitrogen and oxygen atoms in total. The minimum Gasteiger partial charge on any atom is -0.366 e. The molecule has 2 N–H and O–H groups in total. The Bertz CT molecular complexity index is 1010. The summed E-state index contributed by atoms with van der Waals surface area (Å²) in [7, 11) is -2.22. The number of benzene rings is 3. The van der Waals surface area contributed by atoms with E-state index in [1.807, 2.05) is 36.4 Å². The van der Waals surface area contributed by atoms with Crippen molar-refractivity contribution in [1.82, 2.24) is 0 Å². The SMILES string of the molecule is CN(c1ccc2ccccc2c1)S(=O)(=O)c1ccc(C(N)=O)cc1. The van der Waals surface area contributed by atoms with Crippen LogP contribution in [0.15, 0.2) is 71.6 Å². The number of carbonyl (C=O) groups excluding carboxylic acids is 1. The maximum absolute atomic E-state index is 12.8. The standard InChI is InChI=1S/C18H16N2O3S/c1-20(16-9-6-13-4-2-3-5-15(13)12-16)24(22,23)17-10-7-14(8-11-17)18(19)21/h2-12H,1H3,(H2,19,21). The van der Waals surface area contributed by atoms with Gasteiger partial charge in [-0.1, -0.05) is 30.3 Å². The Kier molecular flexibility index (Phi) is 3.99. The first-order chi connectivity index (χ1) is 11.4. The number of primary amides is 1. The van der Waals surface area contributed by atoms with Gasteiger partial charge in [0.25, 0.3) is 10.0 Å². The summed E-state index contributed by atoms with van der Waals surface area (Å²) in [5.74, 6) is -0.596. The van der Waals surface area contributed by atoms with Gasteiger partial charge in [0.05, 0.1) is 10.6 Å². The maximum atomic E-state index is 12.8. The van der Waals surface area contributed by atoms with Crippen molar-refractivity contribution in [3.63, 3.8) is 0 Å². The third-order valence-electron chi connectivity index (χ3n) is 3.89. The normalized spacial score (nSPS) is 11.4. The molecule has 0 aromatic heterocycles. The predicted molar refractivity (Wildman–Crippen MR) is 94.5 cm³/mol. The molecule has 1 amide bonds. The molecule has 3 aromatic carbocycles. The monoisotopic (exact) mass is 340 g/mol. The second-order valence-electron chi connectivity index (χ2n) is 5.39. The number of nitrogens with two attached hydrogens (primary N) is 1. The van der Waals surface area contributed by atoms with Crippen LogP contribution in [0.3, 0.4) is 0 Å². The predicted octanol–water partition coefficient (Wildman–Crippen LogP) is 2.76. The van der Waals surface area contributed by atoms with Gasteiger partial charge in [0.2, 0.25) is 5.91 Å². The van der Waals surface area contributed by atoms with Crippen LogP contribution in [0.1, 0.15) is 10.4 Å². The number of nitrogens with zero attached hydrogens (tertiary/aromatic N) is 1. The molecule has 3 aromatic rings. The molecule has 0 bridgehead atoms. The largest absolute Gasteiger partial charge is 0.366 e. The number of rotatable bonds is 4. The van der Waals surface area contributed by atoms with Crippen molar-refractivity contribution in [3.05, 3.63) is 72.3 Å². The van der Waals surface area contributed by atoms with E-state index in [9.17, 15) is 13.2 Å². The van der Waals surface area contributed by atoms with Crippen LogP contribution >= 0.6 is 0 Å². The Balaban J connectivity index is 1.99. The van der Waals surface area contributed by atoms with Crippen molar-refractivity contribution in [3.8, 4) is 0 Å². The molecule has 0 heterocycles. The van der Waals surface area contributed by atoms with Crippen LogP contribution in [-0.4, -0.2) is 21.4 Å². The van der Waals surface area contributed by atoms with Crippen LogP contribution in [0.25, 0.3) is 10.8 Å². The lowest BCUT2D eigenvalue weighted by molar-refractivity contribution is 0.1000. The van der Waals surface area contributed by atoms with Crippen LogP contribution in [0.4, 0.5) is 5.69 Å². The maximum Gasteiger partial charge on any atom is 0.264 e. The van der Waals surface area contributed by atoms with E-state index in [-0.39, 0.29) is 10.5 Å². The van der Waals surface area contributed by atoms with Crippen LogP contribution < -0.4 is 10.0 Å². The summed E-state index contributed by atoms with van der Waals surface area (Å²) in [6, 6.07) is 18.8. The Morgan fingerprint density at radius 1 is 0.917 bits per heavy atom. The molecule has 0 unspecified atom stereocenters. The Hall–Kier alpha value is -2.86. The van der Waals surface area contributed by atoms with E-state index >= 15 is 0 Å². The zero-order chi connectivity index (χ0) is 17.3. The average Bonchev–Trinajstić information content (AvgIpc) is 2.60. The zero-order valence-electron chi connectivity index (χ0n) is 13.0. The number of carbonyl (C=O) groups is 1. The van der Waals surface area contributed by atoms with Gasteiger partial charge in [0.1, 0.15) is 0 Å². The van der Waals surface area contributed by atoms with Crippen molar-refractivity contribution in [2.75, 3.05) is 11.4 Å². The van der Waals surface area contributed by atoms with Gasteiger partial charge in [-0.05, 0) is 47.2 Å². The van der Waals surface area contributed by atoms with Crippen molar-refractivity contribution in [2.45, 2.75) is 4.90 Å². The minimum atomic E-state index is -3.72. The van der Waals surface area contributed by atoms with Crippen LogP contribution in [0, 0.1) is 0 Å². The fourth-order valence-corrected chi connectivity index (χ4v) is 3.65. The Morgan fingerprint density at radius 2 is 1.54 bits per heavy atom. The molecule has 122 valence electrons. The summed E-state index contributed by atoms with van der Waals surface area (Å²) in [6.45, 7) is 0. The third kappa shape index (κ3) is 2.83. The van der Waals surface area contributed by atoms with E-state index in [2.05, 4.69) is 0 Å². The number of amides is 1. The van der Waals surface area contributed by atoms with Gasteiger partial charge >= 0.3 is 0 Å². The van der Waals surface area contributed by atoms with Gasteiger partial charge in [0, 0.05) is 12.6 Å². The molecule has 6 heteroatoms. The minimum absolute atomic E-state index is 0.100. The highest BCUT2D eigenvalue weighted by atomic mass is 32.2. The summed E-state index contributed by atoms with van der Waals surface area (Å²) < 4.78 is 26.7. The molecular weight excluding hydrogens is 324 g/mol. The summed E-state index contributed by atoms with van der Waals surface area (Å²) in [6.07, 6.45) is 0. The molecule has 0 aliphatic heterocycles. The molecule has 0 fully saturated rings. The second-order valence-corrected chi connectivity index (χ2v) is 7.36. The van der Waals surface area contributed by atoms with E-state index in [1.54, 1.807) is 6.07 Å². The molecule has 0 aliphatic carbocycles. The lowest BCUT2D eigenvalue weighted by atomic mass is 10.1. The van der Waals surface area contributed by atoms with Crippen LogP contribution in [-0.2, 0) is 10.0 Å². The lowest BCUT2D eigenvalue weighted by Crippen LogP contribution is -2.26. The summed E-state index contributed by atoms with van der Waals surface area (Å²) in [4.78, 5) is 11.2. The Labute approximate surface area is 140 Å². The summed E-state index contributed by atoms with van der Waals surface area (Å²) >= 11 is 0. The lowest BCUT2D eigenvalue weighted by Gasteiger charge is -2.20. The highest BCUT2D eigenvalue weighted by Crippen LogP contribution is 2.26. The molecule has 0 spiro atoms. The van der Waals surface area contributed by atoms with Crippen molar-refractivity contribution in [1.29, 1.82) is 0 Å². The fourth-order valence-electron chi connectivity index (χ4n) is 2.46. The van der Waals surface area contributed by atoms with Gasteiger partial charge in [-0.2, -0.15) is 0 Å². The highest BCUT2D eigenvalue weighted by Gasteiger charge is 2.21. The molecule has 0 saturated carbocycles. The van der Waals surface area contributed by atoms with E-state index < -0.39 is 15.9 Å². The zero-order valence-corrected chi connectivity index (χ0v) is 13.8. The van der Waals surface area contributed by atoms with E-state index in [4.69, 9.17) is 5.73 Å². The van der Waals surface area contributed by atoms with E-state index in [1.165, 1.54) is 35.6 Å². The van der Waals surface area contributed by atoms with Gasteiger partial charge in [-0.15, -0.1) is 0 Å². The topological polar surface area (TPSA) is 80.5 Å². The first-order valence-electron chi connectivity index (χ1n) is 7.27. The fraction of sp³-hybridized carbons (Fsp3) is 0.0556. The number of hydrogen-bond donors (Lipinski definition) is 1. The quantitative estimate of drug-likeness (QED) is 0.793. The van der Waals surface area contributed by atoms with Crippen molar-refractivity contribution < 1.29 is 13.2 Å². The molecule has 0 radical (unpaired) electrons. The van der Waals surface area contributed by atoms with E-state index in [0.717, 1.165) is 10.8 Å². The number of fused-ring (bicyclic) bond motifs is 1. The van der Waals surface area contributed by atoms with Gasteiger partial charge < -0.3 is 5.73 Å². The van der Waals surface area contributed by atoms with Crippen molar-refractivity contribution in [2.24, 2.45) is 5.73 Å². The van der Waals surface area contributed by atoms with Gasteiger partial charge in [-0.25, -0.2) is 8.42 Å². The molecule has 0 aliphatic rings. The van der Waals surface area contributed by atoms with E-state index in [0.29, 0.717) is 5.69 Å². The smallest absolute Gasteiger partial charge is 0.264 e. The average molecular weight is 340 g/mol.